The molecular formula is C24H30N2O7. The second kappa shape index (κ2) is 14.3. The summed E-state index contributed by atoms with van der Waals surface area (Å²) in [6, 6.07) is 13.3. The second-order valence-corrected chi connectivity index (χ2v) is 6.84. The zero-order chi connectivity index (χ0) is 23.9. The number of carbonyl (C=O) groups excluding carboxylic acids is 3. The SMILES string of the molecule is CCCCNC(=O)NC(=O)COC(=O)c1ccc(OCCOc2ccccc2)c(OCC)c1. The normalized spacial score (nSPS) is 10.1. The number of esters is 1. The van der Waals surface area contributed by atoms with Crippen LogP contribution in [0.3, 0.4) is 0 Å². The van der Waals surface area contributed by atoms with E-state index in [1.807, 2.05) is 44.2 Å². The molecule has 0 saturated carbocycles. The van der Waals surface area contributed by atoms with Crippen molar-refractivity contribution in [2.45, 2.75) is 26.7 Å². The average molecular weight is 459 g/mol. The first kappa shape index (κ1) is 25.5. The predicted molar refractivity (Wildman–Crippen MR) is 122 cm³/mol. The molecule has 0 spiro atoms. The van der Waals surface area contributed by atoms with Crippen molar-refractivity contribution in [3.8, 4) is 17.2 Å². The van der Waals surface area contributed by atoms with Crippen LogP contribution in [0.25, 0.3) is 0 Å². The molecule has 0 aliphatic heterocycles. The molecule has 0 fully saturated rings. The minimum Gasteiger partial charge on any atom is -0.490 e. The molecule has 2 aromatic carbocycles. The van der Waals surface area contributed by atoms with Gasteiger partial charge in [0.05, 0.1) is 12.2 Å². The van der Waals surface area contributed by atoms with Crippen molar-refractivity contribution in [1.29, 1.82) is 0 Å². The third kappa shape index (κ3) is 9.51. The Hall–Kier alpha value is -3.75. The van der Waals surface area contributed by atoms with Gasteiger partial charge in [0, 0.05) is 6.54 Å². The minimum atomic E-state index is -0.726. The summed E-state index contributed by atoms with van der Waals surface area (Å²) in [5.74, 6) is 0.113. The van der Waals surface area contributed by atoms with E-state index < -0.39 is 24.5 Å². The van der Waals surface area contributed by atoms with E-state index in [4.69, 9.17) is 18.9 Å². The maximum atomic E-state index is 12.3. The van der Waals surface area contributed by atoms with Gasteiger partial charge in [-0.1, -0.05) is 31.5 Å². The third-order valence-electron chi connectivity index (χ3n) is 4.24. The van der Waals surface area contributed by atoms with E-state index in [1.54, 1.807) is 6.07 Å². The fraction of sp³-hybridized carbons (Fsp3) is 0.375. The van der Waals surface area contributed by atoms with Gasteiger partial charge in [-0.3, -0.25) is 10.1 Å². The molecule has 0 aliphatic rings. The van der Waals surface area contributed by atoms with Gasteiger partial charge in [-0.15, -0.1) is 0 Å². The molecule has 0 atom stereocenters. The Labute approximate surface area is 193 Å². The topological polar surface area (TPSA) is 112 Å². The number of hydrogen-bond donors (Lipinski definition) is 2. The maximum Gasteiger partial charge on any atom is 0.338 e. The molecule has 2 N–H and O–H groups in total. The standard InChI is InChI=1S/C24H30N2O7/c1-3-5-13-25-24(29)26-22(27)17-33-23(28)18-11-12-20(21(16-18)30-4-2)32-15-14-31-19-9-7-6-8-10-19/h6-12,16H,3-5,13-15,17H2,1-2H3,(H2,25,26,27,29). The summed E-state index contributed by atoms with van der Waals surface area (Å²) in [4.78, 5) is 35.7. The van der Waals surface area contributed by atoms with Crippen molar-refractivity contribution < 1.29 is 33.3 Å². The summed E-state index contributed by atoms with van der Waals surface area (Å²) >= 11 is 0. The van der Waals surface area contributed by atoms with Gasteiger partial charge in [0.1, 0.15) is 19.0 Å². The quantitative estimate of drug-likeness (QED) is 0.350. The van der Waals surface area contributed by atoms with Gasteiger partial charge >= 0.3 is 12.0 Å². The molecule has 0 saturated heterocycles. The van der Waals surface area contributed by atoms with Gasteiger partial charge in [-0.25, -0.2) is 9.59 Å². The summed E-state index contributed by atoms with van der Waals surface area (Å²) in [7, 11) is 0. The molecule has 2 aromatic rings. The number of urea groups is 1. The molecule has 3 amide bonds. The Kier molecular flexibility index (Phi) is 11.1. The Morgan fingerprint density at radius 1 is 0.879 bits per heavy atom. The molecule has 0 aromatic heterocycles. The van der Waals surface area contributed by atoms with Crippen LogP contribution < -0.4 is 24.8 Å². The van der Waals surface area contributed by atoms with Gasteiger partial charge in [0.15, 0.2) is 18.1 Å². The largest absolute Gasteiger partial charge is 0.490 e. The molecule has 178 valence electrons. The first-order chi connectivity index (χ1) is 16.0. The maximum absolute atomic E-state index is 12.3. The first-order valence-corrected chi connectivity index (χ1v) is 10.9. The van der Waals surface area contributed by atoms with Crippen LogP contribution in [0, 0.1) is 0 Å². The van der Waals surface area contributed by atoms with Gasteiger partial charge in [-0.2, -0.15) is 0 Å². The van der Waals surface area contributed by atoms with Crippen LogP contribution in [0.1, 0.15) is 37.0 Å². The smallest absolute Gasteiger partial charge is 0.338 e. The number of nitrogens with one attached hydrogen (secondary N) is 2. The van der Waals surface area contributed by atoms with Crippen LogP contribution >= 0.6 is 0 Å². The van der Waals surface area contributed by atoms with Gasteiger partial charge in [0.2, 0.25) is 0 Å². The number of ether oxygens (including phenoxy) is 4. The fourth-order valence-corrected chi connectivity index (χ4v) is 2.65. The number of rotatable bonds is 13. The second-order valence-electron chi connectivity index (χ2n) is 6.84. The van der Waals surface area contributed by atoms with Crippen LogP contribution in [-0.2, 0) is 9.53 Å². The summed E-state index contributed by atoms with van der Waals surface area (Å²) in [5, 5.41) is 4.65. The zero-order valence-corrected chi connectivity index (χ0v) is 18.9. The van der Waals surface area contributed by atoms with Crippen LogP contribution in [0.2, 0.25) is 0 Å². The van der Waals surface area contributed by atoms with E-state index in [0.29, 0.717) is 31.3 Å². The lowest BCUT2D eigenvalue weighted by atomic mass is 10.2. The lowest BCUT2D eigenvalue weighted by Crippen LogP contribution is -2.41. The lowest BCUT2D eigenvalue weighted by Gasteiger charge is -2.14. The summed E-state index contributed by atoms with van der Waals surface area (Å²) < 4.78 is 21.9. The summed E-state index contributed by atoms with van der Waals surface area (Å²) in [5.41, 5.74) is 0.187. The molecule has 0 heterocycles. The number of hydrogen-bond acceptors (Lipinski definition) is 7. The highest BCUT2D eigenvalue weighted by molar-refractivity contribution is 5.97. The summed E-state index contributed by atoms with van der Waals surface area (Å²) in [6.45, 7) is 4.65. The van der Waals surface area contributed by atoms with Crippen molar-refractivity contribution in [3.63, 3.8) is 0 Å². The Morgan fingerprint density at radius 2 is 1.64 bits per heavy atom. The van der Waals surface area contributed by atoms with Crippen LogP contribution in [0.5, 0.6) is 17.2 Å². The minimum absolute atomic E-state index is 0.187. The Bertz CT molecular complexity index is 903. The third-order valence-corrected chi connectivity index (χ3v) is 4.24. The number of imide groups is 1. The van der Waals surface area contributed by atoms with Crippen molar-refractivity contribution in [2.75, 3.05) is 33.0 Å². The highest BCUT2D eigenvalue weighted by atomic mass is 16.5. The van der Waals surface area contributed by atoms with E-state index >= 15 is 0 Å². The molecule has 0 bridgehead atoms. The van der Waals surface area contributed by atoms with Gasteiger partial charge < -0.3 is 24.3 Å². The van der Waals surface area contributed by atoms with Crippen molar-refractivity contribution >= 4 is 17.9 Å². The Morgan fingerprint density at radius 3 is 2.36 bits per heavy atom. The molecule has 0 aliphatic carbocycles. The lowest BCUT2D eigenvalue weighted by molar-refractivity contribution is -0.123. The van der Waals surface area contributed by atoms with Crippen molar-refractivity contribution in [3.05, 3.63) is 54.1 Å². The highest BCUT2D eigenvalue weighted by Crippen LogP contribution is 2.29. The fourth-order valence-electron chi connectivity index (χ4n) is 2.65. The molecular weight excluding hydrogens is 428 g/mol. The molecule has 0 unspecified atom stereocenters. The predicted octanol–water partition coefficient (Wildman–Crippen LogP) is 3.33. The number of carbonyl (C=O) groups is 3. The van der Waals surface area contributed by atoms with E-state index in [9.17, 15) is 14.4 Å². The monoisotopic (exact) mass is 458 g/mol. The highest BCUT2D eigenvalue weighted by Gasteiger charge is 2.15. The number of amides is 3. The van der Waals surface area contributed by atoms with E-state index in [1.165, 1.54) is 12.1 Å². The molecule has 2 rings (SSSR count). The van der Waals surface area contributed by atoms with Crippen LogP contribution in [-0.4, -0.2) is 50.9 Å². The molecule has 33 heavy (non-hydrogen) atoms. The number of benzene rings is 2. The molecule has 0 radical (unpaired) electrons. The summed E-state index contributed by atoms with van der Waals surface area (Å²) in [6.07, 6.45) is 1.72. The molecule has 9 heteroatoms. The Balaban J connectivity index is 1.84. The first-order valence-electron chi connectivity index (χ1n) is 10.9. The van der Waals surface area contributed by atoms with Crippen molar-refractivity contribution in [2.24, 2.45) is 0 Å². The molecule has 9 nitrogen and oxygen atoms in total. The number of unbranched alkanes of at least 4 members (excludes halogenated alkanes) is 1. The van der Waals surface area contributed by atoms with Crippen LogP contribution in [0.4, 0.5) is 4.79 Å². The average Bonchev–Trinajstić information content (AvgIpc) is 2.82. The van der Waals surface area contributed by atoms with Crippen LogP contribution in [0.15, 0.2) is 48.5 Å². The van der Waals surface area contributed by atoms with Gasteiger partial charge in [-0.05, 0) is 43.7 Å². The van der Waals surface area contributed by atoms with Crippen molar-refractivity contribution in [1.82, 2.24) is 10.6 Å². The van der Waals surface area contributed by atoms with E-state index in [2.05, 4.69) is 10.6 Å². The van der Waals surface area contributed by atoms with Gasteiger partial charge in [0.25, 0.3) is 5.91 Å². The zero-order valence-electron chi connectivity index (χ0n) is 18.9. The number of para-hydroxylation sites is 1. The van der Waals surface area contributed by atoms with E-state index in [0.717, 1.165) is 18.6 Å². The van der Waals surface area contributed by atoms with E-state index in [-0.39, 0.29) is 12.2 Å².